The van der Waals surface area contributed by atoms with Gasteiger partial charge in [-0.3, -0.25) is 0 Å². The number of hydrogen-bond donors (Lipinski definition) is 1. The minimum absolute atomic E-state index is 0.837. The van der Waals surface area contributed by atoms with E-state index in [-0.39, 0.29) is 0 Å². The Morgan fingerprint density at radius 1 is 0.810 bits per heavy atom. The molecule has 1 atom stereocenters. The SMILES string of the molecule is C[C@@](O)(C#Cc1ccccc1)c1cccc2ccccc12. The lowest BCUT2D eigenvalue weighted by Crippen LogP contribution is -2.18. The zero-order valence-corrected chi connectivity index (χ0v) is 11.9. The van der Waals surface area contributed by atoms with Gasteiger partial charge in [-0.2, -0.15) is 0 Å². The van der Waals surface area contributed by atoms with E-state index in [9.17, 15) is 5.11 Å². The third-order valence-corrected chi connectivity index (χ3v) is 3.54. The van der Waals surface area contributed by atoms with Gasteiger partial charge in [-0.05, 0) is 29.8 Å². The summed E-state index contributed by atoms with van der Waals surface area (Å²) in [5.74, 6) is 6.04. The maximum absolute atomic E-state index is 10.8. The molecule has 0 saturated heterocycles. The normalized spacial score (nSPS) is 13.2. The smallest absolute Gasteiger partial charge is 0.149 e. The Bertz CT molecular complexity index is 815. The lowest BCUT2D eigenvalue weighted by Gasteiger charge is -2.19. The summed E-state index contributed by atoms with van der Waals surface area (Å²) in [6.07, 6.45) is 0. The fraction of sp³-hybridized carbons (Fsp3) is 0.100. The van der Waals surface area contributed by atoms with Crippen LogP contribution in [0.15, 0.2) is 72.8 Å². The minimum atomic E-state index is -1.18. The van der Waals surface area contributed by atoms with Crippen molar-refractivity contribution in [2.75, 3.05) is 0 Å². The predicted octanol–water partition coefficient (Wildman–Crippen LogP) is 4.10. The Morgan fingerprint density at radius 3 is 2.29 bits per heavy atom. The molecule has 0 aliphatic carbocycles. The number of fused-ring (bicyclic) bond motifs is 1. The van der Waals surface area contributed by atoms with Gasteiger partial charge in [-0.25, -0.2) is 0 Å². The summed E-state index contributed by atoms with van der Waals surface area (Å²) in [6, 6.07) is 23.7. The van der Waals surface area contributed by atoms with E-state index in [1.807, 2.05) is 72.8 Å². The van der Waals surface area contributed by atoms with E-state index in [0.29, 0.717) is 0 Å². The van der Waals surface area contributed by atoms with Gasteiger partial charge in [0.15, 0.2) is 0 Å². The molecule has 3 aromatic rings. The van der Waals surface area contributed by atoms with Crippen LogP contribution in [0, 0.1) is 11.8 Å². The van der Waals surface area contributed by atoms with Crippen LogP contribution in [0.5, 0.6) is 0 Å². The molecule has 0 aliphatic heterocycles. The zero-order valence-electron chi connectivity index (χ0n) is 11.9. The van der Waals surface area contributed by atoms with Crippen LogP contribution in [0.1, 0.15) is 18.1 Å². The van der Waals surface area contributed by atoms with Crippen molar-refractivity contribution in [1.82, 2.24) is 0 Å². The lowest BCUT2D eigenvalue weighted by molar-refractivity contribution is 0.124. The minimum Gasteiger partial charge on any atom is -0.374 e. The van der Waals surface area contributed by atoms with Crippen molar-refractivity contribution in [3.8, 4) is 11.8 Å². The number of aliphatic hydroxyl groups is 1. The van der Waals surface area contributed by atoms with Crippen LogP contribution >= 0.6 is 0 Å². The molecular formula is C20H16O. The van der Waals surface area contributed by atoms with Gasteiger partial charge in [0.05, 0.1) is 0 Å². The summed E-state index contributed by atoms with van der Waals surface area (Å²) in [5, 5.41) is 12.9. The standard InChI is InChI=1S/C20H16O/c1-20(21,15-14-16-8-3-2-4-9-16)19-13-7-11-17-10-5-6-12-18(17)19/h2-13,21H,1H3/t20-/m1/s1. The van der Waals surface area contributed by atoms with Crippen molar-refractivity contribution in [3.05, 3.63) is 83.9 Å². The van der Waals surface area contributed by atoms with Gasteiger partial charge in [-0.1, -0.05) is 72.5 Å². The van der Waals surface area contributed by atoms with Crippen LogP contribution in [-0.4, -0.2) is 5.11 Å². The van der Waals surface area contributed by atoms with Gasteiger partial charge in [-0.15, -0.1) is 0 Å². The zero-order chi connectivity index (χ0) is 14.7. The molecule has 0 amide bonds. The first-order chi connectivity index (χ1) is 10.2. The van der Waals surface area contributed by atoms with Gasteiger partial charge in [0.25, 0.3) is 0 Å². The first-order valence-electron chi connectivity index (χ1n) is 6.96. The van der Waals surface area contributed by atoms with Crippen LogP contribution in [0.3, 0.4) is 0 Å². The molecule has 1 nitrogen and oxygen atoms in total. The van der Waals surface area contributed by atoms with Crippen LogP contribution < -0.4 is 0 Å². The van der Waals surface area contributed by atoms with Gasteiger partial charge in [0.2, 0.25) is 0 Å². The van der Waals surface area contributed by atoms with Crippen molar-refractivity contribution in [2.45, 2.75) is 12.5 Å². The summed E-state index contributed by atoms with van der Waals surface area (Å²) in [6.45, 7) is 1.74. The average molecular weight is 272 g/mol. The van der Waals surface area contributed by atoms with E-state index in [1.165, 1.54) is 0 Å². The summed E-state index contributed by atoms with van der Waals surface area (Å²) in [4.78, 5) is 0. The highest BCUT2D eigenvalue weighted by Crippen LogP contribution is 2.28. The van der Waals surface area contributed by atoms with Crippen LogP contribution in [-0.2, 0) is 5.60 Å². The van der Waals surface area contributed by atoms with Crippen molar-refractivity contribution in [1.29, 1.82) is 0 Å². The van der Waals surface area contributed by atoms with Gasteiger partial charge in [0, 0.05) is 11.1 Å². The van der Waals surface area contributed by atoms with Crippen LogP contribution in [0.2, 0.25) is 0 Å². The molecule has 0 radical (unpaired) electrons. The highest BCUT2D eigenvalue weighted by Gasteiger charge is 2.22. The van der Waals surface area contributed by atoms with E-state index < -0.39 is 5.60 Å². The maximum Gasteiger partial charge on any atom is 0.149 e. The summed E-state index contributed by atoms with van der Waals surface area (Å²) < 4.78 is 0. The van der Waals surface area contributed by atoms with Gasteiger partial charge in [0.1, 0.15) is 5.60 Å². The lowest BCUT2D eigenvalue weighted by atomic mass is 9.91. The molecule has 0 unspecified atom stereocenters. The fourth-order valence-electron chi connectivity index (χ4n) is 2.43. The molecule has 0 spiro atoms. The van der Waals surface area contributed by atoms with Gasteiger partial charge >= 0.3 is 0 Å². The molecule has 3 aromatic carbocycles. The van der Waals surface area contributed by atoms with Crippen molar-refractivity contribution < 1.29 is 5.11 Å². The molecule has 0 saturated carbocycles. The molecule has 0 fully saturated rings. The van der Waals surface area contributed by atoms with Crippen LogP contribution in [0.4, 0.5) is 0 Å². The first kappa shape index (κ1) is 13.4. The Hall–Kier alpha value is -2.56. The molecule has 102 valence electrons. The molecule has 0 aliphatic rings. The third-order valence-electron chi connectivity index (χ3n) is 3.54. The quantitative estimate of drug-likeness (QED) is 0.661. The van der Waals surface area contributed by atoms with Crippen molar-refractivity contribution in [2.24, 2.45) is 0 Å². The highest BCUT2D eigenvalue weighted by molar-refractivity contribution is 5.86. The number of hydrogen-bond acceptors (Lipinski definition) is 1. The number of rotatable bonds is 1. The molecule has 21 heavy (non-hydrogen) atoms. The molecule has 0 bridgehead atoms. The predicted molar refractivity (Wildman–Crippen MR) is 86.8 cm³/mol. The Morgan fingerprint density at radius 2 is 1.48 bits per heavy atom. The van der Waals surface area contributed by atoms with Crippen molar-refractivity contribution in [3.63, 3.8) is 0 Å². The first-order valence-corrected chi connectivity index (χ1v) is 6.96. The maximum atomic E-state index is 10.8. The summed E-state index contributed by atoms with van der Waals surface area (Å²) in [5.41, 5.74) is 0.554. The highest BCUT2D eigenvalue weighted by atomic mass is 16.3. The Balaban J connectivity index is 2.07. The second kappa shape index (κ2) is 5.44. The van der Waals surface area contributed by atoms with E-state index in [1.54, 1.807) is 6.92 Å². The molecule has 1 N–H and O–H groups in total. The van der Waals surface area contributed by atoms with E-state index >= 15 is 0 Å². The largest absolute Gasteiger partial charge is 0.374 e. The fourth-order valence-corrected chi connectivity index (χ4v) is 2.43. The summed E-state index contributed by atoms with van der Waals surface area (Å²) >= 11 is 0. The van der Waals surface area contributed by atoms with Crippen LogP contribution in [0.25, 0.3) is 10.8 Å². The molecule has 3 rings (SSSR count). The molecule has 0 aromatic heterocycles. The van der Waals surface area contributed by atoms with E-state index in [4.69, 9.17) is 0 Å². The summed E-state index contributed by atoms with van der Waals surface area (Å²) in [7, 11) is 0. The molecule has 1 heteroatoms. The second-order valence-electron chi connectivity index (χ2n) is 5.21. The average Bonchev–Trinajstić information content (AvgIpc) is 2.53. The molecule has 0 heterocycles. The van der Waals surface area contributed by atoms with Crippen molar-refractivity contribution >= 4 is 10.8 Å². The Kier molecular flexibility index (Phi) is 3.48. The second-order valence-corrected chi connectivity index (χ2v) is 5.21. The number of benzene rings is 3. The Labute approximate surface area is 124 Å². The topological polar surface area (TPSA) is 20.2 Å². The van der Waals surface area contributed by atoms with E-state index in [0.717, 1.165) is 21.9 Å². The van der Waals surface area contributed by atoms with Gasteiger partial charge < -0.3 is 5.11 Å². The molecular weight excluding hydrogens is 256 g/mol. The monoisotopic (exact) mass is 272 g/mol. The third kappa shape index (κ3) is 2.81. The van der Waals surface area contributed by atoms with E-state index in [2.05, 4.69) is 11.8 Å².